The molecule has 1 fully saturated rings. The van der Waals surface area contributed by atoms with E-state index in [1.165, 1.54) is 7.11 Å². The minimum atomic E-state index is -0.238. The molecule has 2 aromatic carbocycles. The highest BCUT2D eigenvalue weighted by Gasteiger charge is 2.26. The molecule has 0 spiro atoms. The Morgan fingerprint density at radius 2 is 1.85 bits per heavy atom. The molecule has 33 heavy (non-hydrogen) atoms. The lowest BCUT2D eigenvalue weighted by molar-refractivity contribution is 0.0302. The van der Waals surface area contributed by atoms with Crippen molar-refractivity contribution in [2.24, 2.45) is 0 Å². The molecule has 1 amide bonds. The van der Waals surface area contributed by atoms with Gasteiger partial charge in [0.1, 0.15) is 0 Å². The lowest BCUT2D eigenvalue weighted by atomic mass is 9.94. The molecule has 172 valence electrons. The Labute approximate surface area is 190 Å². The Balaban J connectivity index is 1.45. The number of aromatic amines is 1. The van der Waals surface area contributed by atoms with Crippen molar-refractivity contribution in [2.75, 3.05) is 52.0 Å². The van der Waals surface area contributed by atoms with Crippen LogP contribution in [0.4, 0.5) is 5.95 Å². The van der Waals surface area contributed by atoms with Gasteiger partial charge in [-0.3, -0.25) is 14.6 Å². The maximum absolute atomic E-state index is 13.1. The van der Waals surface area contributed by atoms with Gasteiger partial charge >= 0.3 is 0 Å². The molecule has 5 rings (SSSR count). The van der Waals surface area contributed by atoms with E-state index in [1.54, 1.807) is 19.2 Å². The third-order valence-corrected chi connectivity index (χ3v) is 6.29. The van der Waals surface area contributed by atoms with Crippen molar-refractivity contribution in [3.63, 3.8) is 0 Å². The Bertz CT molecular complexity index is 1270. The topological polar surface area (TPSA) is 97.0 Å². The molecule has 2 aliphatic heterocycles. The van der Waals surface area contributed by atoms with Gasteiger partial charge in [-0.1, -0.05) is 12.1 Å². The number of ether oxygens (including phenoxy) is 3. The van der Waals surface area contributed by atoms with Crippen LogP contribution in [0.1, 0.15) is 21.5 Å². The van der Waals surface area contributed by atoms with E-state index in [0.717, 1.165) is 16.7 Å². The van der Waals surface area contributed by atoms with Gasteiger partial charge in [0, 0.05) is 37.8 Å². The number of benzene rings is 2. The van der Waals surface area contributed by atoms with Gasteiger partial charge in [0.15, 0.2) is 11.5 Å². The van der Waals surface area contributed by atoms with Crippen molar-refractivity contribution in [1.82, 2.24) is 14.9 Å². The van der Waals surface area contributed by atoms with Crippen molar-refractivity contribution < 1.29 is 19.0 Å². The largest absolute Gasteiger partial charge is 0.493 e. The van der Waals surface area contributed by atoms with Gasteiger partial charge < -0.3 is 24.0 Å². The van der Waals surface area contributed by atoms with E-state index in [1.807, 2.05) is 28.0 Å². The van der Waals surface area contributed by atoms with Crippen molar-refractivity contribution in [3.05, 3.63) is 57.4 Å². The monoisotopic (exact) mass is 450 g/mol. The summed E-state index contributed by atoms with van der Waals surface area (Å²) in [7, 11) is 3.08. The van der Waals surface area contributed by atoms with Gasteiger partial charge in [-0.15, -0.1) is 0 Å². The van der Waals surface area contributed by atoms with Crippen LogP contribution in [0.15, 0.2) is 35.1 Å². The summed E-state index contributed by atoms with van der Waals surface area (Å²) in [5.41, 5.74) is 3.19. The fourth-order valence-corrected chi connectivity index (χ4v) is 4.53. The molecule has 0 saturated carbocycles. The van der Waals surface area contributed by atoms with Crippen LogP contribution in [0.3, 0.4) is 0 Å². The second kappa shape index (κ2) is 8.74. The van der Waals surface area contributed by atoms with Crippen molar-refractivity contribution in [3.8, 4) is 11.5 Å². The summed E-state index contributed by atoms with van der Waals surface area (Å²) in [6, 6.07) is 9.21. The third kappa shape index (κ3) is 3.89. The zero-order valence-corrected chi connectivity index (χ0v) is 18.7. The molecule has 1 aromatic heterocycles. The second-order valence-corrected chi connectivity index (χ2v) is 8.13. The van der Waals surface area contributed by atoms with E-state index in [-0.39, 0.29) is 11.5 Å². The first kappa shape index (κ1) is 21.3. The maximum Gasteiger partial charge on any atom is 0.260 e. The zero-order valence-electron chi connectivity index (χ0n) is 18.7. The number of carbonyl (C=O) groups excluding carboxylic acids is 1. The SMILES string of the molecule is COc1cc2nc(N3CCc4c(cccc4C(=O)N4CCOCC4)C3)[nH]c(=O)c2cc1OC. The number of amides is 1. The van der Waals surface area contributed by atoms with Crippen LogP contribution >= 0.6 is 0 Å². The lowest BCUT2D eigenvalue weighted by Gasteiger charge is -2.32. The maximum atomic E-state index is 13.1. The van der Waals surface area contributed by atoms with Crippen LogP contribution in [0.25, 0.3) is 10.9 Å². The van der Waals surface area contributed by atoms with Crippen molar-refractivity contribution >= 4 is 22.8 Å². The summed E-state index contributed by atoms with van der Waals surface area (Å²) in [6.45, 7) is 3.58. The quantitative estimate of drug-likeness (QED) is 0.649. The van der Waals surface area contributed by atoms with E-state index < -0.39 is 0 Å². The molecule has 2 aliphatic rings. The number of hydrogen-bond acceptors (Lipinski definition) is 7. The van der Waals surface area contributed by atoms with E-state index in [4.69, 9.17) is 19.2 Å². The molecule has 0 aliphatic carbocycles. The first-order chi connectivity index (χ1) is 16.1. The number of morpholine rings is 1. The van der Waals surface area contributed by atoms with E-state index >= 15 is 0 Å². The molecule has 0 bridgehead atoms. The predicted octanol–water partition coefficient (Wildman–Crippen LogP) is 1.98. The smallest absolute Gasteiger partial charge is 0.260 e. The van der Waals surface area contributed by atoms with Crippen LogP contribution in [0.5, 0.6) is 11.5 Å². The fourth-order valence-electron chi connectivity index (χ4n) is 4.53. The normalized spacial score (nSPS) is 15.9. The average molecular weight is 450 g/mol. The molecular weight excluding hydrogens is 424 g/mol. The Hall–Kier alpha value is -3.59. The van der Waals surface area contributed by atoms with Crippen LogP contribution in [0, 0.1) is 0 Å². The molecule has 0 atom stereocenters. The number of hydrogen-bond donors (Lipinski definition) is 1. The first-order valence-corrected chi connectivity index (χ1v) is 11.0. The van der Waals surface area contributed by atoms with Gasteiger partial charge in [-0.05, 0) is 29.7 Å². The predicted molar refractivity (Wildman–Crippen MR) is 123 cm³/mol. The number of nitrogens with zero attached hydrogens (tertiary/aromatic N) is 3. The van der Waals surface area contributed by atoms with Gasteiger partial charge in [0.25, 0.3) is 11.5 Å². The van der Waals surface area contributed by atoms with Gasteiger partial charge in [-0.25, -0.2) is 4.98 Å². The zero-order chi connectivity index (χ0) is 22.9. The number of fused-ring (bicyclic) bond motifs is 2. The lowest BCUT2D eigenvalue weighted by Crippen LogP contribution is -2.41. The first-order valence-electron chi connectivity index (χ1n) is 11.0. The summed E-state index contributed by atoms with van der Waals surface area (Å²) in [5.74, 6) is 1.55. The van der Waals surface area contributed by atoms with E-state index in [0.29, 0.717) is 74.2 Å². The van der Waals surface area contributed by atoms with E-state index in [9.17, 15) is 9.59 Å². The molecule has 0 radical (unpaired) electrons. The molecule has 9 heteroatoms. The summed E-state index contributed by atoms with van der Waals surface area (Å²) >= 11 is 0. The number of H-pyrrole nitrogens is 1. The standard InChI is InChI=1S/C24H26N4O5/c1-31-20-12-18-19(13-21(20)32-2)25-24(26-22(18)29)28-7-6-16-15(14-28)4-3-5-17(16)23(30)27-8-10-33-11-9-27/h3-5,12-13H,6-11,14H2,1-2H3,(H,25,26,29). The van der Waals surface area contributed by atoms with Crippen LogP contribution < -0.4 is 19.9 Å². The Kier molecular flexibility index (Phi) is 5.63. The summed E-state index contributed by atoms with van der Waals surface area (Å²) in [4.78, 5) is 37.4. The second-order valence-electron chi connectivity index (χ2n) is 8.13. The number of rotatable bonds is 4. The molecular formula is C24H26N4O5. The molecule has 9 nitrogen and oxygen atoms in total. The molecule has 1 N–H and O–H groups in total. The third-order valence-electron chi connectivity index (χ3n) is 6.29. The summed E-state index contributed by atoms with van der Waals surface area (Å²) in [6.07, 6.45) is 0.690. The highest BCUT2D eigenvalue weighted by molar-refractivity contribution is 5.96. The highest BCUT2D eigenvalue weighted by atomic mass is 16.5. The van der Waals surface area contributed by atoms with Crippen molar-refractivity contribution in [1.29, 1.82) is 0 Å². The van der Waals surface area contributed by atoms with Gasteiger partial charge in [0.2, 0.25) is 5.95 Å². The molecule has 3 aromatic rings. The number of nitrogens with one attached hydrogen (secondary N) is 1. The number of anilines is 1. The fraction of sp³-hybridized carbons (Fsp3) is 0.375. The number of methoxy groups -OCH3 is 2. The van der Waals surface area contributed by atoms with Crippen LogP contribution in [-0.4, -0.2) is 67.8 Å². The Morgan fingerprint density at radius 1 is 1.09 bits per heavy atom. The van der Waals surface area contributed by atoms with Crippen LogP contribution in [-0.2, 0) is 17.7 Å². The van der Waals surface area contributed by atoms with Gasteiger partial charge in [-0.2, -0.15) is 0 Å². The molecule has 1 saturated heterocycles. The summed E-state index contributed by atoms with van der Waals surface area (Å²) < 4.78 is 16.1. The molecule has 0 unspecified atom stereocenters. The van der Waals surface area contributed by atoms with E-state index in [2.05, 4.69) is 4.98 Å². The summed E-state index contributed by atoms with van der Waals surface area (Å²) in [5, 5.41) is 0.437. The minimum absolute atomic E-state index is 0.0573. The molecule has 3 heterocycles. The number of carbonyl (C=O) groups is 1. The Morgan fingerprint density at radius 3 is 2.61 bits per heavy atom. The average Bonchev–Trinajstić information content (AvgIpc) is 2.87. The van der Waals surface area contributed by atoms with Crippen LogP contribution in [0.2, 0.25) is 0 Å². The minimum Gasteiger partial charge on any atom is -0.493 e. The highest BCUT2D eigenvalue weighted by Crippen LogP contribution is 2.31. The van der Waals surface area contributed by atoms with Crippen molar-refractivity contribution in [2.45, 2.75) is 13.0 Å². The van der Waals surface area contributed by atoms with Gasteiger partial charge in [0.05, 0.1) is 38.3 Å². The number of aromatic nitrogens is 2.